The third-order valence-corrected chi connectivity index (χ3v) is 2.54. The van der Waals surface area contributed by atoms with Crippen molar-refractivity contribution < 1.29 is 18.7 Å². The molecule has 4 heteroatoms. The molecule has 0 heterocycles. The van der Waals surface area contributed by atoms with Crippen molar-refractivity contribution in [3.8, 4) is 0 Å². The summed E-state index contributed by atoms with van der Waals surface area (Å²) in [5, 5.41) is 8.57. The van der Waals surface area contributed by atoms with Gasteiger partial charge in [0, 0.05) is 12.8 Å². The number of hydrogen-bond acceptors (Lipinski definition) is 1. The SMILES string of the molecule is CC(C(=O)O)C1CCC(F)(F)C1. The normalized spacial score (nSPS) is 30.1. The van der Waals surface area contributed by atoms with Crippen molar-refractivity contribution in [1.82, 2.24) is 0 Å². The van der Waals surface area contributed by atoms with Gasteiger partial charge in [0.25, 0.3) is 0 Å². The molecule has 1 saturated carbocycles. The van der Waals surface area contributed by atoms with E-state index in [0.717, 1.165) is 0 Å². The zero-order chi connectivity index (χ0) is 9.35. The van der Waals surface area contributed by atoms with Crippen LogP contribution >= 0.6 is 0 Å². The number of hydrogen-bond donors (Lipinski definition) is 1. The fourth-order valence-corrected chi connectivity index (χ4v) is 1.61. The largest absolute Gasteiger partial charge is 0.481 e. The van der Waals surface area contributed by atoms with Gasteiger partial charge in [0.15, 0.2) is 0 Å². The fraction of sp³-hybridized carbons (Fsp3) is 0.875. The second-order valence-electron chi connectivity index (χ2n) is 3.49. The Hall–Kier alpha value is -0.670. The molecule has 1 fully saturated rings. The van der Waals surface area contributed by atoms with Crippen LogP contribution in [0.2, 0.25) is 0 Å². The van der Waals surface area contributed by atoms with Crippen LogP contribution in [-0.2, 0) is 4.79 Å². The van der Waals surface area contributed by atoms with Crippen LogP contribution < -0.4 is 0 Å². The molecule has 0 spiro atoms. The summed E-state index contributed by atoms with van der Waals surface area (Å²) >= 11 is 0. The van der Waals surface area contributed by atoms with Crippen LogP contribution in [0.1, 0.15) is 26.2 Å². The van der Waals surface area contributed by atoms with Gasteiger partial charge in [0.2, 0.25) is 5.92 Å². The van der Waals surface area contributed by atoms with Crippen molar-refractivity contribution in [1.29, 1.82) is 0 Å². The van der Waals surface area contributed by atoms with Crippen LogP contribution in [0.15, 0.2) is 0 Å². The van der Waals surface area contributed by atoms with Crippen molar-refractivity contribution in [2.24, 2.45) is 11.8 Å². The van der Waals surface area contributed by atoms with E-state index in [2.05, 4.69) is 0 Å². The molecule has 70 valence electrons. The van der Waals surface area contributed by atoms with Gasteiger partial charge in [0.05, 0.1) is 5.92 Å². The molecule has 0 bridgehead atoms. The summed E-state index contributed by atoms with van der Waals surface area (Å²) in [6.45, 7) is 1.49. The first-order valence-corrected chi connectivity index (χ1v) is 4.03. The van der Waals surface area contributed by atoms with Gasteiger partial charge in [-0.15, -0.1) is 0 Å². The Morgan fingerprint density at radius 1 is 1.67 bits per heavy atom. The Kier molecular flexibility index (Phi) is 2.35. The molecule has 1 aliphatic rings. The van der Waals surface area contributed by atoms with Crippen LogP contribution in [0.5, 0.6) is 0 Å². The van der Waals surface area contributed by atoms with E-state index >= 15 is 0 Å². The van der Waals surface area contributed by atoms with Crippen LogP contribution in [0.25, 0.3) is 0 Å². The van der Waals surface area contributed by atoms with E-state index in [0.29, 0.717) is 6.42 Å². The molecule has 12 heavy (non-hydrogen) atoms. The second kappa shape index (κ2) is 2.99. The molecule has 1 aliphatic carbocycles. The zero-order valence-corrected chi connectivity index (χ0v) is 6.89. The Morgan fingerprint density at radius 3 is 2.58 bits per heavy atom. The van der Waals surface area contributed by atoms with Crippen molar-refractivity contribution in [2.75, 3.05) is 0 Å². The summed E-state index contributed by atoms with van der Waals surface area (Å²) in [5.74, 6) is -4.59. The smallest absolute Gasteiger partial charge is 0.306 e. The topological polar surface area (TPSA) is 37.3 Å². The van der Waals surface area contributed by atoms with Crippen molar-refractivity contribution >= 4 is 5.97 Å². The van der Waals surface area contributed by atoms with Crippen LogP contribution in [0.3, 0.4) is 0 Å². The zero-order valence-electron chi connectivity index (χ0n) is 6.89. The molecule has 2 unspecified atom stereocenters. The molecular formula is C8H12F2O2. The van der Waals surface area contributed by atoms with Gasteiger partial charge < -0.3 is 5.11 Å². The summed E-state index contributed by atoms with van der Waals surface area (Å²) < 4.78 is 25.3. The lowest BCUT2D eigenvalue weighted by atomic mass is 9.93. The first kappa shape index (κ1) is 9.42. The first-order valence-electron chi connectivity index (χ1n) is 4.03. The average Bonchev–Trinajstić information content (AvgIpc) is 2.28. The summed E-state index contributed by atoms with van der Waals surface area (Å²) in [6, 6.07) is 0. The standard InChI is InChI=1S/C8H12F2O2/c1-5(7(11)12)6-2-3-8(9,10)4-6/h5-6H,2-4H2,1H3,(H,11,12). The highest BCUT2D eigenvalue weighted by atomic mass is 19.3. The Labute approximate surface area is 69.6 Å². The highest BCUT2D eigenvalue weighted by Crippen LogP contribution is 2.42. The number of alkyl halides is 2. The van der Waals surface area contributed by atoms with E-state index in [1.54, 1.807) is 0 Å². The molecular weight excluding hydrogens is 166 g/mol. The minimum absolute atomic E-state index is 0.157. The Bertz CT molecular complexity index is 191. The summed E-state index contributed by atoms with van der Waals surface area (Å²) in [5.41, 5.74) is 0. The van der Waals surface area contributed by atoms with Crippen LogP contribution in [0.4, 0.5) is 8.78 Å². The number of carboxylic acid groups (broad SMARTS) is 1. The molecule has 0 amide bonds. The fourth-order valence-electron chi connectivity index (χ4n) is 1.61. The van der Waals surface area contributed by atoms with Gasteiger partial charge in [0.1, 0.15) is 0 Å². The molecule has 0 saturated heterocycles. The maximum Gasteiger partial charge on any atom is 0.306 e. The minimum atomic E-state index is -2.63. The van der Waals surface area contributed by atoms with Crippen molar-refractivity contribution in [3.05, 3.63) is 0 Å². The lowest BCUT2D eigenvalue weighted by molar-refractivity contribution is -0.143. The molecule has 0 aliphatic heterocycles. The van der Waals surface area contributed by atoms with Crippen LogP contribution in [0, 0.1) is 11.8 Å². The summed E-state index contributed by atoms with van der Waals surface area (Å²) in [4.78, 5) is 10.5. The molecule has 1 rings (SSSR count). The van der Waals surface area contributed by atoms with Gasteiger partial charge >= 0.3 is 5.97 Å². The van der Waals surface area contributed by atoms with E-state index in [1.807, 2.05) is 0 Å². The third-order valence-electron chi connectivity index (χ3n) is 2.54. The number of carbonyl (C=O) groups is 1. The molecule has 2 nitrogen and oxygen atoms in total. The lowest BCUT2D eigenvalue weighted by Gasteiger charge is -2.14. The van der Waals surface area contributed by atoms with E-state index in [-0.39, 0.29) is 18.8 Å². The average molecular weight is 178 g/mol. The molecule has 2 atom stereocenters. The first-order chi connectivity index (χ1) is 5.42. The quantitative estimate of drug-likeness (QED) is 0.703. The summed E-state index contributed by atoms with van der Waals surface area (Å²) in [7, 11) is 0. The Morgan fingerprint density at radius 2 is 2.25 bits per heavy atom. The van der Waals surface area contributed by atoms with Gasteiger partial charge in [-0.2, -0.15) is 0 Å². The van der Waals surface area contributed by atoms with E-state index in [9.17, 15) is 13.6 Å². The Balaban J connectivity index is 2.52. The van der Waals surface area contributed by atoms with E-state index < -0.39 is 17.8 Å². The maximum atomic E-state index is 12.6. The number of aliphatic carboxylic acids is 1. The molecule has 0 aromatic heterocycles. The molecule has 0 aromatic carbocycles. The maximum absolute atomic E-state index is 12.6. The predicted octanol–water partition coefficient (Wildman–Crippen LogP) is 2.14. The van der Waals surface area contributed by atoms with E-state index in [4.69, 9.17) is 5.11 Å². The highest BCUT2D eigenvalue weighted by molar-refractivity contribution is 5.69. The summed E-state index contributed by atoms with van der Waals surface area (Å²) in [6.07, 6.45) is -0.0871. The second-order valence-corrected chi connectivity index (χ2v) is 3.49. The van der Waals surface area contributed by atoms with Crippen molar-refractivity contribution in [3.63, 3.8) is 0 Å². The monoisotopic (exact) mass is 178 g/mol. The van der Waals surface area contributed by atoms with Gasteiger partial charge in [-0.25, -0.2) is 8.78 Å². The van der Waals surface area contributed by atoms with Gasteiger partial charge in [-0.3, -0.25) is 4.79 Å². The van der Waals surface area contributed by atoms with Crippen LogP contribution in [-0.4, -0.2) is 17.0 Å². The lowest BCUT2D eigenvalue weighted by Crippen LogP contribution is -2.20. The van der Waals surface area contributed by atoms with Gasteiger partial charge in [-0.05, 0) is 12.3 Å². The molecule has 0 radical (unpaired) electrons. The highest BCUT2D eigenvalue weighted by Gasteiger charge is 2.42. The number of rotatable bonds is 2. The van der Waals surface area contributed by atoms with E-state index in [1.165, 1.54) is 6.92 Å². The van der Waals surface area contributed by atoms with Crippen molar-refractivity contribution in [2.45, 2.75) is 32.1 Å². The van der Waals surface area contributed by atoms with Gasteiger partial charge in [-0.1, -0.05) is 6.92 Å². The minimum Gasteiger partial charge on any atom is -0.481 e. The molecule has 1 N–H and O–H groups in total. The third kappa shape index (κ3) is 1.93. The number of halogens is 2. The number of carboxylic acids is 1. The predicted molar refractivity (Wildman–Crippen MR) is 39.1 cm³/mol. The molecule has 0 aromatic rings.